The van der Waals surface area contributed by atoms with Crippen LogP contribution in [0, 0.1) is 0 Å². The second kappa shape index (κ2) is 8.90. The SMILES string of the molecule is CSc1ccc(/C=N\NC(=O)c2ccc(CS(=O)(=O)c3ccccc3)o2)cc1. The van der Waals surface area contributed by atoms with Crippen molar-refractivity contribution < 1.29 is 17.6 Å². The van der Waals surface area contributed by atoms with Gasteiger partial charge in [0.05, 0.1) is 11.1 Å². The highest BCUT2D eigenvalue weighted by Crippen LogP contribution is 2.18. The molecular formula is C20H18N2O4S2. The molecule has 0 aliphatic carbocycles. The van der Waals surface area contributed by atoms with Gasteiger partial charge in [0.15, 0.2) is 15.6 Å². The van der Waals surface area contributed by atoms with Gasteiger partial charge in [-0.05, 0) is 48.2 Å². The van der Waals surface area contributed by atoms with Crippen LogP contribution in [0.5, 0.6) is 0 Å². The zero-order valence-electron chi connectivity index (χ0n) is 15.0. The number of rotatable bonds is 7. The van der Waals surface area contributed by atoms with Gasteiger partial charge in [0.25, 0.3) is 0 Å². The van der Waals surface area contributed by atoms with Crippen molar-refractivity contribution in [2.75, 3.05) is 6.26 Å². The molecule has 0 saturated heterocycles. The molecule has 8 heteroatoms. The fourth-order valence-electron chi connectivity index (χ4n) is 2.39. The molecule has 28 heavy (non-hydrogen) atoms. The Morgan fingerprint density at radius 1 is 1.07 bits per heavy atom. The lowest BCUT2D eigenvalue weighted by Gasteiger charge is -2.02. The topological polar surface area (TPSA) is 88.7 Å². The first kappa shape index (κ1) is 19.9. The van der Waals surface area contributed by atoms with Crippen LogP contribution >= 0.6 is 11.8 Å². The summed E-state index contributed by atoms with van der Waals surface area (Å²) in [6.45, 7) is 0. The zero-order valence-corrected chi connectivity index (χ0v) is 16.7. The van der Waals surface area contributed by atoms with Crippen LogP contribution in [0.4, 0.5) is 0 Å². The van der Waals surface area contributed by atoms with E-state index in [1.165, 1.54) is 30.5 Å². The lowest BCUT2D eigenvalue weighted by molar-refractivity contribution is 0.0926. The van der Waals surface area contributed by atoms with Gasteiger partial charge in [-0.1, -0.05) is 30.3 Å². The predicted octanol–water partition coefficient (Wildman–Crippen LogP) is 3.74. The summed E-state index contributed by atoms with van der Waals surface area (Å²) in [6, 6.07) is 18.7. The van der Waals surface area contributed by atoms with Crippen molar-refractivity contribution in [2.45, 2.75) is 15.5 Å². The molecular weight excluding hydrogens is 396 g/mol. The molecule has 0 spiro atoms. The van der Waals surface area contributed by atoms with Gasteiger partial charge < -0.3 is 4.42 Å². The Bertz CT molecular complexity index is 1070. The fourth-order valence-corrected chi connectivity index (χ4v) is 4.06. The van der Waals surface area contributed by atoms with Crippen LogP contribution in [0.1, 0.15) is 21.9 Å². The molecule has 0 radical (unpaired) electrons. The predicted molar refractivity (Wildman–Crippen MR) is 109 cm³/mol. The number of carbonyl (C=O) groups is 1. The summed E-state index contributed by atoms with van der Waals surface area (Å²) in [5.74, 6) is -0.700. The quantitative estimate of drug-likeness (QED) is 0.361. The first-order valence-electron chi connectivity index (χ1n) is 8.32. The summed E-state index contributed by atoms with van der Waals surface area (Å²) >= 11 is 1.64. The summed E-state index contributed by atoms with van der Waals surface area (Å²) in [4.78, 5) is 13.5. The number of nitrogens with one attached hydrogen (secondary N) is 1. The Balaban J connectivity index is 1.61. The molecule has 0 unspecified atom stereocenters. The van der Waals surface area contributed by atoms with Gasteiger partial charge >= 0.3 is 5.91 Å². The molecule has 0 saturated carbocycles. The van der Waals surface area contributed by atoms with E-state index in [4.69, 9.17) is 4.42 Å². The van der Waals surface area contributed by atoms with E-state index in [0.717, 1.165) is 10.5 Å². The number of sulfone groups is 1. The minimum Gasteiger partial charge on any atom is -0.455 e. The van der Waals surface area contributed by atoms with E-state index >= 15 is 0 Å². The number of nitrogens with zero attached hydrogens (tertiary/aromatic N) is 1. The van der Waals surface area contributed by atoms with Crippen LogP contribution in [0.15, 0.2) is 86.0 Å². The maximum atomic E-state index is 12.4. The molecule has 0 aliphatic rings. The summed E-state index contributed by atoms with van der Waals surface area (Å²) < 4.78 is 30.1. The molecule has 3 aromatic rings. The Labute approximate surface area is 167 Å². The molecule has 1 N–H and O–H groups in total. The highest BCUT2D eigenvalue weighted by atomic mass is 32.2. The van der Waals surface area contributed by atoms with Crippen LogP contribution in [0.3, 0.4) is 0 Å². The van der Waals surface area contributed by atoms with E-state index in [9.17, 15) is 13.2 Å². The van der Waals surface area contributed by atoms with Crippen molar-refractivity contribution in [1.29, 1.82) is 0 Å². The zero-order chi connectivity index (χ0) is 20.0. The van der Waals surface area contributed by atoms with Crippen molar-refractivity contribution in [3.05, 3.63) is 83.8 Å². The van der Waals surface area contributed by atoms with Crippen LogP contribution in [0.2, 0.25) is 0 Å². The fraction of sp³-hybridized carbons (Fsp3) is 0.100. The Morgan fingerprint density at radius 2 is 1.79 bits per heavy atom. The van der Waals surface area contributed by atoms with Crippen molar-refractivity contribution >= 4 is 33.7 Å². The molecule has 1 amide bonds. The summed E-state index contributed by atoms with van der Waals surface area (Å²) in [7, 11) is -3.54. The Hall–Kier alpha value is -2.84. The summed E-state index contributed by atoms with van der Waals surface area (Å²) in [5.41, 5.74) is 3.21. The second-order valence-electron chi connectivity index (χ2n) is 5.81. The van der Waals surface area contributed by atoms with Gasteiger partial charge in [-0.15, -0.1) is 11.8 Å². The third-order valence-corrected chi connectivity index (χ3v) is 6.21. The van der Waals surface area contributed by atoms with Crippen molar-refractivity contribution in [3.8, 4) is 0 Å². The first-order valence-corrected chi connectivity index (χ1v) is 11.2. The molecule has 1 aromatic heterocycles. The monoisotopic (exact) mass is 414 g/mol. The van der Waals surface area contributed by atoms with Crippen LogP contribution in [-0.2, 0) is 15.6 Å². The largest absolute Gasteiger partial charge is 0.455 e. The van der Waals surface area contributed by atoms with Crippen LogP contribution < -0.4 is 5.43 Å². The highest BCUT2D eigenvalue weighted by Gasteiger charge is 2.19. The standard InChI is InChI=1S/C20H18N2O4S2/c1-27-17-10-7-15(8-11-17)13-21-22-20(23)19-12-9-16(26-19)14-28(24,25)18-5-3-2-4-6-18/h2-13H,14H2,1H3,(H,22,23)/b21-13-. The maximum Gasteiger partial charge on any atom is 0.307 e. The van der Waals surface area contributed by atoms with Gasteiger partial charge in [0, 0.05) is 4.90 Å². The molecule has 0 atom stereocenters. The lowest BCUT2D eigenvalue weighted by Crippen LogP contribution is -2.16. The number of benzene rings is 2. The van der Waals surface area contributed by atoms with Crippen molar-refractivity contribution in [2.24, 2.45) is 5.10 Å². The van der Waals surface area contributed by atoms with Crippen LogP contribution in [0.25, 0.3) is 0 Å². The highest BCUT2D eigenvalue weighted by molar-refractivity contribution is 7.98. The Kier molecular flexibility index (Phi) is 6.33. The van der Waals surface area contributed by atoms with Crippen molar-refractivity contribution in [3.63, 3.8) is 0 Å². The molecule has 6 nitrogen and oxygen atoms in total. The Morgan fingerprint density at radius 3 is 2.46 bits per heavy atom. The average Bonchev–Trinajstić information content (AvgIpc) is 3.17. The van der Waals surface area contributed by atoms with Gasteiger partial charge in [0.1, 0.15) is 11.5 Å². The van der Waals surface area contributed by atoms with Crippen LogP contribution in [-0.4, -0.2) is 26.8 Å². The molecule has 1 heterocycles. The van der Waals surface area contributed by atoms with E-state index in [1.54, 1.807) is 30.0 Å². The molecule has 0 bridgehead atoms. The van der Waals surface area contributed by atoms with Gasteiger partial charge in [-0.3, -0.25) is 4.79 Å². The first-order chi connectivity index (χ1) is 13.5. The molecule has 2 aromatic carbocycles. The number of carbonyl (C=O) groups excluding carboxylic acids is 1. The molecule has 144 valence electrons. The molecule has 0 aliphatic heterocycles. The minimum absolute atomic E-state index is 0.00635. The number of furan rings is 1. The maximum absolute atomic E-state index is 12.4. The van der Waals surface area contributed by atoms with E-state index in [2.05, 4.69) is 10.5 Å². The third kappa shape index (κ3) is 5.11. The number of hydrogen-bond donors (Lipinski definition) is 1. The lowest BCUT2D eigenvalue weighted by atomic mass is 10.2. The van der Waals surface area contributed by atoms with Gasteiger partial charge in [-0.25, -0.2) is 13.8 Å². The average molecular weight is 415 g/mol. The van der Waals surface area contributed by atoms with Gasteiger partial charge in [-0.2, -0.15) is 5.10 Å². The third-order valence-electron chi connectivity index (χ3n) is 3.82. The summed E-state index contributed by atoms with van der Waals surface area (Å²) in [5, 5.41) is 3.90. The second-order valence-corrected chi connectivity index (χ2v) is 8.68. The minimum atomic E-state index is -3.54. The molecule has 3 rings (SSSR count). The van der Waals surface area contributed by atoms with E-state index in [0.29, 0.717) is 0 Å². The number of amides is 1. The normalized spacial score (nSPS) is 11.6. The van der Waals surface area contributed by atoms with E-state index in [1.807, 2.05) is 30.5 Å². The smallest absolute Gasteiger partial charge is 0.307 e. The number of thioether (sulfide) groups is 1. The molecule has 0 fully saturated rings. The van der Waals surface area contributed by atoms with Gasteiger partial charge in [0.2, 0.25) is 0 Å². The van der Waals surface area contributed by atoms with E-state index < -0.39 is 15.7 Å². The number of hydrogen-bond acceptors (Lipinski definition) is 6. The summed E-state index contributed by atoms with van der Waals surface area (Å²) in [6.07, 6.45) is 3.51. The van der Waals surface area contributed by atoms with E-state index in [-0.39, 0.29) is 22.2 Å². The van der Waals surface area contributed by atoms with Crippen molar-refractivity contribution in [1.82, 2.24) is 5.43 Å². The number of hydrazone groups is 1.